The number of nitrogens with one attached hydrogen (secondary N) is 2. The molecule has 1 heterocycles. The first-order valence-electron chi connectivity index (χ1n) is 5.22. The molecule has 0 saturated heterocycles. The third-order valence-corrected chi connectivity index (χ3v) is 1.89. The summed E-state index contributed by atoms with van der Waals surface area (Å²) in [7, 11) is 0. The third kappa shape index (κ3) is 5.82. The Bertz CT molecular complexity index is 382. The van der Waals surface area contributed by atoms with Crippen LogP contribution in [0.5, 0.6) is 0 Å². The van der Waals surface area contributed by atoms with Gasteiger partial charge in [0, 0.05) is 6.20 Å². The lowest BCUT2D eigenvalue weighted by atomic mass is 10.2. The predicted octanol–water partition coefficient (Wildman–Crippen LogP) is 2.16. The highest BCUT2D eigenvalue weighted by molar-refractivity contribution is 7.80. The summed E-state index contributed by atoms with van der Waals surface area (Å²) in [6.45, 7) is 4.28. The van der Waals surface area contributed by atoms with Crippen molar-refractivity contribution in [3.05, 3.63) is 24.5 Å². The second-order valence-corrected chi connectivity index (χ2v) is 4.22. The van der Waals surface area contributed by atoms with Crippen molar-refractivity contribution >= 4 is 29.1 Å². The topological polar surface area (TPSA) is 63.2 Å². The molecule has 0 aromatic carbocycles. The fraction of sp³-hybridized carbons (Fsp3) is 0.364. The summed E-state index contributed by atoms with van der Waals surface area (Å²) in [5.41, 5.74) is 0.710. The first-order chi connectivity index (χ1) is 8.08. The van der Waals surface area contributed by atoms with Gasteiger partial charge in [-0.05, 0) is 30.3 Å². The summed E-state index contributed by atoms with van der Waals surface area (Å²) in [5, 5.41) is 5.42. The Kier molecular flexibility index (Phi) is 5.35. The van der Waals surface area contributed by atoms with Crippen molar-refractivity contribution in [3.8, 4) is 0 Å². The SMILES string of the molecule is CC(C)COC(=O)NC(=S)Nc1cccnc1. The fourth-order valence-electron chi connectivity index (χ4n) is 0.970. The number of carbonyl (C=O) groups excluding carboxylic acids is 1. The van der Waals surface area contributed by atoms with Gasteiger partial charge in [0.05, 0.1) is 18.5 Å². The standard InChI is InChI=1S/C11H15N3O2S/c1-8(2)7-16-11(15)14-10(17)13-9-4-3-5-12-6-9/h3-6,8H,7H2,1-2H3,(H2,13,14,15,17). The molecule has 2 N–H and O–H groups in total. The van der Waals surface area contributed by atoms with E-state index in [1.165, 1.54) is 0 Å². The zero-order valence-electron chi connectivity index (χ0n) is 9.77. The lowest BCUT2D eigenvalue weighted by Gasteiger charge is -2.10. The summed E-state index contributed by atoms with van der Waals surface area (Å²) in [4.78, 5) is 15.2. The van der Waals surface area contributed by atoms with Crippen LogP contribution in [-0.2, 0) is 4.74 Å². The first kappa shape index (κ1) is 13.4. The van der Waals surface area contributed by atoms with Crippen LogP contribution in [0.25, 0.3) is 0 Å². The molecule has 0 bridgehead atoms. The van der Waals surface area contributed by atoms with Gasteiger partial charge in [-0.2, -0.15) is 0 Å². The number of carbonyl (C=O) groups is 1. The van der Waals surface area contributed by atoms with Crippen LogP contribution < -0.4 is 10.6 Å². The molecular weight excluding hydrogens is 238 g/mol. The van der Waals surface area contributed by atoms with E-state index < -0.39 is 6.09 Å². The minimum Gasteiger partial charge on any atom is -0.449 e. The molecular formula is C11H15N3O2S. The molecule has 17 heavy (non-hydrogen) atoms. The van der Waals surface area contributed by atoms with E-state index in [1.807, 2.05) is 13.8 Å². The number of hydrogen-bond acceptors (Lipinski definition) is 4. The summed E-state index contributed by atoms with van der Waals surface area (Å²) < 4.78 is 4.92. The van der Waals surface area contributed by atoms with Crippen LogP contribution in [-0.4, -0.2) is 22.8 Å². The van der Waals surface area contributed by atoms with Gasteiger partial charge in [-0.15, -0.1) is 0 Å². The maximum atomic E-state index is 11.3. The molecule has 0 radical (unpaired) electrons. The molecule has 1 amide bonds. The van der Waals surface area contributed by atoms with E-state index in [0.29, 0.717) is 18.2 Å². The Labute approximate surface area is 106 Å². The highest BCUT2D eigenvalue weighted by atomic mass is 32.1. The lowest BCUT2D eigenvalue weighted by molar-refractivity contribution is 0.138. The van der Waals surface area contributed by atoms with Crippen molar-refractivity contribution in [1.82, 2.24) is 10.3 Å². The number of hydrogen-bond donors (Lipinski definition) is 2. The maximum absolute atomic E-state index is 11.3. The van der Waals surface area contributed by atoms with E-state index in [4.69, 9.17) is 17.0 Å². The molecule has 1 aromatic heterocycles. The Morgan fingerprint density at radius 1 is 1.59 bits per heavy atom. The number of anilines is 1. The molecule has 92 valence electrons. The molecule has 1 rings (SSSR count). The molecule has 0 fully saturated rings. The smallest absolute Gasteiger partial charge is 0.413 e. The Morgan fingerprint density at radius 2 is 2.35 bits per heavy atom. The third-order valence-electron chi connectivity index (χ3n) is 1.68. The van der Waals surface area contributed by atoms with E-state index in [2.05, 4.69) is 15.6 Å². The second-order valence-electron chi connectivity index (χ2n) is 3.81. The van der Waals surface area contributed by atoms with Crippen LogP contribution in [0.1, 0.15) is 13.8 Å². The quantitative estimate of drug-likeness (QED) is 0.808. The molecule has 0 aliphatic heterocycles. The predicted molar refractivity (Wildman–Crippen MR) is 69.8 cm³/mol. The van der Waals surface area contributed by atoms with Crippen molar-refractivity contribution in [2.45, 2.75) is 13.8 Å². The molecule has 0 unspecified atom stereocenters. The van der Waals surface area contributed by atoms with Gasteiger partial charge in [-0.1, -0.05) is 13.8 Å². The number of amides is 1. The normalized spacial score (nSPS) is 9.82. The Balaban J connectivity index is 2.32. The number of alkyl carbamates (subject to hydrolysis) is 1. The van der Waals surface area contributed by atoms with Gasteiger partial charge in [0.25, 0.3) is 0 Å². The van der Waals surface area contributed by atoms with Crippen LogP contribution in [0.2, 0.25) is 0 Å². The van der Waals surface area contributed by atoms with Gasteiger partial charge in [-0.25, -0.2) is 4.79 Å². The maximum Gasteiger partial charge on any atom is 0.413 e. The summed E-state index contributed by atoms with van der Waals surface area (Å²) in [6, 6.07) is 3.56. The number of rotatable bonds is 3. The Hall–Kier alpha value is -1.69. The highest BCUT2D eigenvalue weighted by Gasteiger charge is 2.06. The number of ether oxygens (including phenoxy) is 1. The van der Waals surface area contributed by atoms with Crippen LogP contribution in [0.3, 0.4) is 0 Å². The van der Waals surface area contributed by atoms with E-state index in [1.54, 1.807) is 24.5 Å². The average molecular weight is 253 g/mol. The van der Waals surface area contributed by atoms with Crippen LogP contribution in [0.4, 0.5) is 10.5 Å². The van der Waals surface area contributed by atoms with Gasteiger partial charge in [0.1, 0.15) is 0 Å². The van der Waals surface area contributed by atoms with Crippen molar-refractivity contribution in [2.75, 3.05) is 11.9 Å². The molecule has 0 saturated carbocycles. The molecule has 0 spiro atoms. The molecule has 1 aromatic rings. The van der Waals surface area contributed by atoms with Gasteiger partial charge in [0.15, 0.2) is 5.11 Å². The molecule has 0 aliphatic carbocycles. The van der Waals surface area contributed by atoms with E-state index in [0.717, 1.165) is 0 Å². The van der Waals surface area contributed by atoms with Gasteiger partial charge in [-0.3, -0.25) is 10.3 Å². The monoisotopic (exact) mass is 253 g/mol. The number of aromatic nitrogens is 1. The number of thiocarbonyl (C=S) groups is 1. The van der Waals surface area contributed by atoms with Gasteiger partial charge < -0.3 is 10.1 Å². The Morgan fingerprint density at radius 3 is 2.94 bits per heavy atom. The second kappa shape index (κ2) is 6.80. The van der Waals surface area contributed by atoms with Crippen LogP contribution in [0, 0.1) is 5.92 Å². The summed E-state index contributed by atoms with van der Waals surface area (Å²) in [6.07, 6.45) is 2.70. The van der Waals surface area contributed by atoms with E-state index in [9.17, 15) is 4.79 Å². The number of pyridine rings is 1. The number of nitrogens with zero attached hydrogens (tertiary/aromatic N) is 1. The highest BCUT2D eigenvalue weighted by Crippen LogP contribution is 2.02. The van der Waals surface area contributed by atoms with Crippen molar-refractivity contribution in [1.29, 1.82) is 0 Å². The fourth-order valence-corrected chi connectivity index (χ4v) is 1.17. The van der Waals surface area contributed by atoms with Crippen molar-refractivity contribution in [3.63, 3.8) is 0 Å². The molecule has 0 aliphatic rings. The first-order valence-corrected chi connectivity index (χ1v) is 5.63. The summed E-state index contributed by atoms with van der Waals surface area (Å²) in [5.74, 6) is 0.292. The zero-order valence-corrected chi connectivity index (χ0v) is 10.6. The van der Waals surface area contributed by atoms with Crippen LogP contribution >= 0.6 is 12.2 Å². The van der Waals surface area contributed by atoms with E-state index in [-0.39, 0.29) is 5.11 Å². The van der Waals surface area contributed by atoms with E-state index >= 15 is 0 Å². The zero-order chi connectivity index (χ0) is 12.7. The summed E-state index contributed by atoms with van der Waals surface area (Å²) >= 11 is 4.94. The van der Waals surface area contributed by atoms with Crippen LogP contribution in [0.15, 0.2) is 24.5 Å². The average Bonchev–Trinajstić information content (AvgIpc) is 2.27. The molecule has 6 heteroatoms. The van der Waals surface area contributed by atoms with Gasteiger partial charge >= 0.3 is 6.09 Å². The minimum absolute atomic E-state index is 0.187. The molecule has 0 atom stereocenters. The largest absolute Gasteiger partial charge is 0.449 e. The van der Waals surface area contributed by atoms with Crippen molar-refractivity contribution in [2.24, 2.45) is 5.92 Å². The van der Waals surface area contributed by atoms with Gasteiger partial charge in [0.2, 0.25) is 0 Å². The minimum atomic E-state index is -0.555. The lowest BCUT2D eigenvalue weighted by Crippen LogP contribution is -2.35. The molecule has 5 nitrogen and oxygen atoms in total. The van der Waals surface area contributed by atoms with Crippen molar-refractivity contribution < 1.29 is 9.53 Å².